The van der Waals surface area contributed by atoms with Crippen molar-refractivity contribution in [1.29, 1.82) is 0 Å². The molecule has 0 radical (unpaired) electrons. The molecule has 2 heterocycles. The summed E-state index contributed by atoms with van der Waals surface area (Å²) in [6.07, 6.45) is 6.10. The van der Waals surface area contributed by atoms with Crippen LogP contribution in [0.2, 0.25) is 0 Å². The summed E-state index contributed by atoms with van der Waals surface area (Å²) in [5, 5.41) is 3.57. The molecular weight excluding hydrogens is 188 g/mol. The van der Waals surface area contributed by atoms with Crippen LogP contribution in [0.25, 0.3) is 0 Å². The first kappa shape index (κ1) is 10.6. The molecule has 0 spiro atoms. The first-order chi connectivity index (χ1) is 7.36. The molecule has 3 heteroatoms. The molecule has 82 valence electrons. The average Bonchev–Trinajstić information content (AvgIpc) is 2.31. The van der Waals surface area contributed by atoms with Gasteiger partial charge in [0.15, 0.2) is 0 Å². The van der Waals surface area contributed by atoms with Gasteiger partial charge in [0.05, 0.1) is 6.61 Å². The van der Waals surface area contributed by atoms with Gasteiger partial charge >= 0.3 is 0 Å². The quantitative estimate of drug-likeness (QED) is 0.820. The number of nitrogens with zero attached hydrogens (tertiary/aromatic N) is 1. The maximum atomic E-state index is 5.44. The van der Waals surface area contributed by atoms with Crippen LogP contribution in [0.3, 0.4) is 0 Å². The van der Waals surface area contributed by atoms with Crippen LogP contribution in [-0.2, 0) is 4.74 Å². The van der Waals surface area contributed by atoms with Gasteiger partial charge in [-0.3, -0.25) is 4.98 Å². The van der Waals surface area contributed by atoms with Crippen LogP contribution in [0.1, 0.15) is 31.4 Å². The lowest BCUT2D eigenvalue weighted by Crippen LogP contribution is -2.38. The number of ether oxygens (including phenoxy) is 1. The number of rotatable bonds is 3. The Bertz CT molecular complexity index is 283. The number of aromatic nitrogens is 1. The smallest absolute Gasteiger partial charge is 0.0619 e. The van der Waals surface area contributed by atoms with E-state index in [1.54, 1.807) is 6.20 Å². The van der Waals surface area contributed by atoms with Gasteiger partial charge in [0.25, 0.3) is 0 Å². The van der Waals surface area contributed by atoms with Crippen LogP contribution in [0.15, 0.2) is 24.5 Å². The highest BCUT2D eigenvalue weighted by Gasteiger charge is 2.16. The summed E-state index contributed by atoms with van der Waals surface area (Å²) >= 11 is 0. The molecule has 1 aliphatic heterocycles. The zero-order valence-electron chi connectivity index (χ0n) is 9.15. The maximum absolute atomic E-state index is 5.44. The molecule has 1 N–H and O–H groups in total. The van der Waals surface area contributed by atoms with E-state index < -0.39 is 0 Å². The van der Waals surface area contributed by atoms with Gasteiger partial charge in [-0.05, 0) is 31.4 Å². The highest BCUT2D eigenvalue weighted by molar-refractivity contribution is 5.12. The third-order valence-electron chi connectivity index (χ3n) is 2.83. The summed E-state index contributed by atoms with van der Waals surface area (Å²) in [7, 11) is 0. The molecule has 2 rings (SSSR count). The van der Waals surface area contributed by atoms with Gasteiger partial charge in [-0.15, -0.1) is 0 Å². The van der Waals surface area contributed by atoms with Crippen molar-refractivity contribution in [3.05, 3.63) is 30.1 Å². The van der Waals surface area contributed by atoms with E-state index >= 15 is 0 Å². The van der Waals surface area contributed by atoms with E-state index in [1.807, 2.05) is 12.3 Å². The van der Waals surface area contributed by atoms with Crippen LogP contribution in [0, 0.1) is 0 Å². The zero-order chi connectivity index (χ0) is 10.5. The summed E-state index contributed by atoms with van der Waals surface area (Å²) in [6.45, 7) is 3.93. The number of nitrogens with one attached hydrogen (secondary N) is 1. The second-order valence-corrected chi connectivity index (χ2v) is 4.09. The van der Waals surface area contributed by atoms with Crippen molar-refractivity contribution in [2.24, 2.45) is 0 Å². The second-order valence-electron chi connectivity index (χ2n) is 4.09. The van der Waals surface area contributed by atoms with Crippen molar-refractivity contribution >= 4 is 0 Å². The first-order valence-electron chi connectivity index (χ1n) is 5.60. The molecule has 1 aromatic rings. The molecule has 0 aliphatic carbocycles. The lowest BCUT2D eigenvalue weighted by atomic mass is 10.1. The number of pyridine rings is 1. The van der Waals surface area contributed by atoms with Gasteiger partial charge in [0.2, 0.25) is 0 Å². The summed E-state index contributed by atoms with van der Waals surface area (Å²) in [5.74, 6) is 0. The van der Waals surface area contributed by atoms with E-state index in [0.717, 1.165) is 19.6 Å². The standard InChI is InChI=1S/C12H18N2O/c1-10(11-4-2-6-13-8-11)14-12-5-3-7-15-9-12/h2,4,6,8,10,12,14H,3,5,7,9H2,1H3/t10-,12?/m1/s1. The molecule has 1 fully saturated rings. The summed E-state index contributed by atoms with van der Waals surface area (Å²) in [6, 6.07) is 4.93. The van der Waals surface area contributed by atoms with E-state index in [9.17, 15) is 0 Å². The van der Waals surface area contributed by atoms with E-state index in [0.29, 0.717) is 12.1 Å². The maximum Gasteiger partial charge on any atom is 0.0619 e. The molecule has 0 aromatic carbocycles. The Morgan fingerprint density at radius 3 is 3.20 bits per heavy atom. The predicted octanol–water partition coefficient (Wildman–Crippen LogP) is 1.91. The molecular formula is C12H18N2O. The third-order valence-corrected chi connectivity index (χ3v) is 2.83. The molecule has 1 saturated heterocycles. The van der Waals surface area contributed by atoms with Crippen LogP contribution in [0.4, 0.5) is 0 Å². The SMILES string of the molecule is C[C@@H](NC1CCCOC1)c1cccnc1. The highest BCUT2D eigenvalue weighted by Crippen LogP contribution is 2.14. The highest BCUT2D eigenvalue weighted by atomic mass is 16.5. The second kappa shape index (κ2) is 5.24. The molecule has 2 atom stereocenters. The minimum Gasteiger partial charge on any atom is -0.380 e. The molecule has 0 bridgehead atoms. The van der Waals surface area contributed by atoms with Crippen LogP contribution >= 0.6 is 0 Å². The van der Waals surface area contributed by atoms with Crippen molar-refractivity contribution in [3.63, 3.8) is 0 Å². The number of hydrogen-bond donors (Lipinski definition) is 1. The summed E-state index contributed by atoms with van der Waals surface area (Å²) in [5.41, 5.74) is 1.24. The monoisotopic (exact) mass is 206 g/mol. The van der Waals surface area contributed by atoms with Gasteiger partial charge in [0.1, 0.15) is 0 Å². The fourth-order valence-corrected chi connectivity index (χ4v) is 1.95. The molecule has 15 heavy (non-hydrogen) atoms. The first-order valence-corrected chi connectivity index (χ1v) is 5.60. The van der Waals surface area contributed by atoms with Gasteiger partial charge in [-0.1, -0.05) is 6.07 Å². The predicted molar refractivity (Wildman–Crippen MR) is 59.6 cm³/mol. The Balaban J connectivity index is 1.88. The Morgan fingerprint density at radius 2 is 2.53 bits per heavy atom. The number of hydrogen-bond acceptors (Lipinski definition) is 3. The van der Waals surface area contributed by atoms with Crippen molar-refractivity contribution in [2.75, 3.05) is 13.2 Å². The van der Waals surface area contributed by atoms with Crippen molar-refractivity contribution in [2.45, 2.75) is 31.8 Å². The Kier molecular flexibility index (Phi) is 3.69. The van der Waals surface area contributed by atoms with E-state index in [4.69, 9.17) is 4.74 Å². The van der Waals surface area contributed by atoms with E-state index in [2.05, 4.69) is 23.3 Å². The zero-order valence-corrected chi connectivity index (χ0v) is 9.15. The van der Waals surface area contributed by atoms with Crippen molar-refractivity contribution < 1.29 is 4.74 Å². The van der Waals surface area contributed by atoms with Gasteiger partial charge in [0, 0.05) is 31.1 Å². The molecule has 0 amide bonds. The van der Waals surface area contributed by atoms with Crippen LogP contribution in [0.5, 0.6) is 0 Å². The topological polar surface area (TPSA) is 34.1 Å². The van der Waals surface area contributed by atoms with E-state index in [-0.39, 0.29) is 0 Å². The average molecular weight is 206 g/mol. The Morgan fingerprint density at radius 1 is 1.60 bits per heavy atom. The fraction of sp³-hybridized carbons (Fsp3) is 0.583. The van der Waals surface area contributed by atoms with Gasteiger partial charge in [-0.2, -0.15) is 0 Å². The normalized spacial score (nSPS) is 23.7. The van der Waals surface area contributed by atoms with E-state index in [1.165, 1.54) is 12.0 Å². The minimum atomic E-state index is 0.352. The Hall–Kier alpha value is -0.930. The molecule has 1 aliphatic rings. The summed E-state index contributed by atoms with van der Waals surface area (Å²) < 4.78 is 5.44. The lowest BCUT2D eigenvalue weighted by Gasteiger charge is -2.26. The van der Waals surface area contributed by atoms with Crippen LogP contribution < -0.4 is 5.32 Å². The van der Waals surface area contributed by atoms with Crippen LogP contribution in [-0.4, -0.2) is 24.2 Å². The van der Waals surface area contributed by atoms with Gasteiger partial charge in [-0.25, -0.2) is 0 Å². The fourth-order valence-electron chi connectivity index (χ4n) is 1.95. The van der Waals surface area contributed by atoms with Crippen molar-refractivity contribution in [3.8, 4) is 0 Å². The van der Waals surface area contributed by atoms with Crippen molar-refractivity contribution in [1.82, 2.24) is 10.3 Å². The molecule has 3 nitrogen and oxygen atoms in total. The molecule has 1 aromatic heterocycles. The molecule has 0 saturated carbocycles. The lowest BCUT2D eigenvalue weighted by molar-refractivity contribution is 0.0671. The van der Waals surface area contributed by atoms with Gasteiger partial charge < -0.3 is 10.1 Å². The Labute approximate surface area is 90.9 Å². The third kappa shape index (κ3) is 3.01. The summed E-state index contributed by atoms with van der Waals surface area (Å²) in [4.78, 5) is 4.13. The largest absolute Gasteiger partial charge is 0.380 e. The molecule has 1 unspecified atom stereocenters. The minimum absolute atomic E-state index is 0.352.